The lowest BCUT2D eigenvalue weighted by Gasteiger charge is -2.29. The molecule has 27 heavy (non-hydrogen) atoms. The number of aromatic nitrogens is 2. The molecule has 2 fully saturated rings. The Kier molecular flexibility index (Phi) is 4.33. The summed E-state index contributed by atoms with van der Waals surface area (Å²) in [6.45, 7) is 6.64. The van der Waals surface area contributed by atoms with E-state index >= 15 is 0 Å². The number of hydrogen-bond donors (Lipinski definition) is 0. The summed E-state index contributed by atoms with van der Waals surface area (Å²) in [5.41, 5.74) is -0.660. The number of carbonyl (C=O) groups excluding carboxylic acids is 2. The number of rotatable bonds is 6. The van der Waals surface area contributed by atoms with Gasteiger partial charge >= 0.3 is 0 Å². The zero-order chi connectivity index (χ0) is 19.3. The van der Waals surface area contributed by atoms with Crippen molar-refractivity contribution in [1.29, 1.82) is 0 Å². The van der Waals surface area contributed by atoms with Gasteiger partial charge in [0.05, 0.1) is 31.0 Å². The number of carbonyl (C=O) groups is 2. The van der Waals surface area contributed by atoms with Gasteiger partial charge in [0.1, 0.15) is 5.60 Å². The highest BCUT2D eigenvalue weighted by atomic mass is 16.5. The van der Waals surface area contributed by atoms with Crippen molar-refractivity contribution in [2.45, 2.75) is 57.9 Å². The van der Waals surface area contributed by atoms with E-state index in [0.29, 0.717) is 18.3 Å². The van der Waals surface area contributed by atoms with Gasteiger partial charge in [0.2, 0.25) is 23.6 Å². The Morgan fingerprint density at radius 1 is 1.41 bits per heavy atom. The van der Waals surface area contributed by atoms with Crippen LogP contribution in [-0.2, 0) is 20.9 Å². The van der Waals surface area contributed by atoms with Crippen LogP contribution in [0.4, 0.5) is 0 Å². The molecule has 0 unspecified atom stereocenters. The minimum Gasteiger partial charge on any atom is -0.424 e. The third kappa shape index (κ3) is 2.69. The Bertz CT molecular complexity index is 786. The minimum absolute atomic E-state index is 0.0379. The predicted molar refractivity (Wildman–Crippen MR) is 95.3 cm³/mol. The minimum atomic E-state index is -0.660. The van der Waals surface area contributed by atoms with Crippen LogP contribution < -0.4 is 0 Å². The van der Waals surface area contributed by atoms with Gasteiger partial charge in [-0.1, -0.05) is 26.0 Å². The van der Waals surface area contributed by atoms with E-state index in [1.165, 1.54) is 0 Å². The second-order valence-corrected chi connectivity index (χ2v) is 7.75. The molecule has 1 aromatic rings. The average Bonchev–Trinajstić information content (AvgIpc) is 3.38. The smallest absolute Gasteiger partial charge is 0.235 e. The summed E-state index contributed by atoms with van der Waals surface area (Å²) in [6, 6.07) is 0.184. The summed E-state index contributed by atoms with van der Waals surface area (Å²) in [7, 11) is 1.70. The summed E-state index contributed by atoms with van der Waals surface area (Å²) in [6.07, 6.45) is 5.38. The Balaban J connectivity index is 1.56. The number of ether oxygens (including phenoxy) is 1. The number of hydrogen-bond acceptors (Lipinski definition) is 6. The van der Waals surface area contributed by atoms with Gasteiger partial charge in [-0.25, -0.2) is 0 Å². The molecule has 4 heterocycles. The number of aryl methyl sites for hydroxylation is 1. The van der Waals surface area contributed by atoms with Crippen molar-refractivity contribution in [3.05, 3.63) is 23.9 Å². The molecule has 4 atom stereocenters. The fraction of sp³-hybridized carbons (Fsp3) is 0.684. The first-order valence-corrected chi connectivity index (χ1v) is 9.61. The highest BCUT2D eigenvalue weighted by Crippen LogP contribution is 2.52. The third-order valence-corrected chi connectivity index (χ3v) is 6.11. The Hall–Kier alpha value is -2.22. The maximum atomic E-state index is 13.2. The largest absolute Gasteiger partial charge is 0.424 e. The summed E-state index contributed by atoms with van der Waals surface area (Å²) in [4.78, 5) is 29.9. The summed E-state index contributed by atoms with van der Waals surface area (Å²) >= 11 is 0. The van der Waals surface area contributed by atoms with E-state index in [2.05, 4.69) is 24.0 Å². The second kappa shape index (κ2) is 6.44. The van der Waals surface area contributed by atoms with E-state index < -0.39 is 17.4 Å². The fourth-order valence-corrected chi connectivity index (χ4v) is 4.79. The first-order chi connectivity index (χ1) is 12.9. The molecule has 1 spiro atoms. The molecule has 3 aliphatic heterocycles. The topological polar surface area (TPSA) is 88.8 Å². The number of likely N-dealkylation sites (tertiary alicyclic amines) is 1. The molecule has 2 amide bonds. The predicted octanol–water partition coefficient (Wildman–Crippen LogP) is 1.31. The molecule has 0 radical (unpaired) electrons. The highest BCUT2D eigenvalue weighted by Gasteiger charge is 2.67. The first-order valence-electron chi connectivity index (χ1n) is 9.61. The molecule has 0 saturated carbocycles. The standard InChI is InChI=1S/C19H26N4O4/c1-5-12(6-2)23-10-19-8-7-13(27-19)15(16(19)18(23)25)17(24)22(4)9-14-21-20-11(3)26-14/h7-8,12-13,15-16H,5-6,9-10H2,1-4H3/t13-,15+,16-,19-/m0/s1. The van der Waals surface area contributed by atoms with Gasteiger partial charge in [-0.15, -0.1) is 10.2 Å². The van der Waals surface area contributed by atoms with Crippen molar-refractivity contribution in [1.82, 2.24) is 20.0 Å². The average molecular weight is 374 g/mol. The van der Waals surface area contributed by atoms with Gasteiger partial charge in [0.15, 0.2) is 0 Å². The van der Waals surface area contributed by atoms with Gasteiger partial charge in [-0.3, -0.25) is 9.59 Å². The highest BCUT2D eigenvalue weighted by molar-refractivity contribution is 5.93. The lowest BCUT2D eigenvalue weighted by atomic mass is 9.76. The van der Waals surface area contributed by atoms with Crippen molar-refractivity contribution in [2.24, 2.45) is 11.8 Å². The molecule has 0 aromatic carbocycles. The number of nitrogens with zero attached hydrogens (tertiary/aromatic N) is 4. The maximum absolute atomic E-state index is 13.2. The Morgan fingerprint density at radius 2 is 2.15 bits per heavy atom. The van der Waals surface area contributed by atoms with E-state index in [1.807, 2.05) is 17.1 Å². The molecule has 0 aliphatic carbocycles. The zero-order valence-electron chi connectivity index (χ0n) is 16.2. The Labute approximate surface area is 158 Å². The summed E-state index contributed by atoms with van der Waals surface area (Å²) in [5.74, 6) is -0.192. The van der Waals surface area contributed by atoms with Crippen molar-refractivity contribution < 1.29 is 18.7 Å². The van der Waals surface area contributed by atoms with Crippen LogP contribution in [0, 0.1) is 18.8 Å². The Morgan fingerprint density at radius 3 is 2.78 bits per heavy atom. The number of amides is 2. The van der Waals surface area contributed by atoms with Gasteiger partial charge in [0, 0.05) is 20.0 Å². The molecule has 0 N–H and O–H groups in total. The number of fused-ring (bicyclic) bond motifs is 1. The van der Waals surface area contributed by atoms with Crippen LogP contribution in [0.2, 0.25) is 0 Å². The fourth-order valence-electron chi connectivity index (χ4n) is 4.79. The van der Waals surface area contributed by atoms with Crippen LogP contribution in [0.15, 0.2) is 16.6 Å². The van der Waals surface area contributed by atoms with Crippen LogP contribution in [0.3, 0.4) is 0 Å². The van der Waals surface area contributed by atoms with Crippen LogP contribution >= 0.6 is 0 Å². The van der Waals surface area contributed by atoms with Crippen molar-refractivity contribution in [3.63, 3.8) is 0 Å². The molecule has 2 saturated heterocycles. The maximum Gasteiger partial charge on any atom is 0.235 e. The first kappa shape index (κ1) is 18.2. The molecule has 8 nitrogen and oxygen atoms in total. The van der Waals surface area contributed by atoms with Crippen LogP contribution in [0.25, 0.3) is 0 Å². The summed E-state index contributed by atoms with van der Waals surface area (Å²) < 4.78 is 11.6. The molecular formula is C19H26N4O4. The van der Waals surface area contributed by atoms with E-state index in [9.17, 15) is 9.59 Å². The molecule has 8 heteroatoms. The van der Waals surface area contributed by atoms with Gasteiger partial charge in [-0.05, 0) is 12.8 Å². The van der Waals surface area contributed by atoms with Gasteiger partial charge in [-0.2, -0.15) is 0 Å². The molecule has 1 aromatic heterocycles. The van der Waals surface area contributed by atoms with Crippen LogP contribution in [0.5, 0.6) is 0 Å². The van der Waals surface area contributed by atoms with Crippen molar-refractivity contribution in [2.75, 3.05) is 13.6 Å². The molecule has 2 bridgehead atoms. The zero-order valence-corrected chi connectivity index (χ0v) is 16.2. The second-order valence-electron chi connectivity index (χ2n) is 7.75. The lowest BCUT2D eigenvalue weighted by Crippen LogP contribution is -2.45. The molecular weight excluding hydrogens is 348 g/mol. The van der Waals surface area contributed by atoms with Gasteiger partial charge in [0.25, 0.3) is 0 Å². The van der Waals surface area contributed by atoms with E-state index in [4.69, 9.17) is 9.15 Å². The quantitative estimate of drug-likeness (QED) is 0.698. The normalized spacial score (nSPS) is 31.2. The van der Waals surface area contributed by atoms with Gasteiger partial charge < -0.3 is 19.0 Å². The monoisotopic (exact) mass is 374 g/mol. The van der Waals surface area contributed by atoms with Crippen LogP contribution in [0.1, 0.15) is 38.5 Å². The van der Waals surface area contributed by atoms with Crippen molar-refractivity contribution >= 4 is 11.8 Å². The third-order valence-electron chi connectivity index (χ3n) is 6.11. The van der Waals surface area contributed by atoms with E-state index in [1.54, 1.807) is 18.9 Å². The summed E-state index contributed by atoms with van der Waals surface area (Å²) in [5, 5.41) is 7.75. The lowest BCUT2D eigenvalue weighted by molar-refractivity contribution is -0.143. The van der Waals surface area contributed by atoms with E-state index in [-0.39, 0.29) is 30.5 Å². The molecule has 3 aliphatic rings. The molecule has 4 rings (SSSR count). The van der Waals surface area contributed by atoms with Crippen LogP contribution in [-0.4, -0.2) is 63.2 Å². The molecule has 146 valence electrons. The SMILES string of the molecule is CCC(CC)N1C[C@]23C=C[C@H](O2)[C@@H](C(=O)N(C)Cc2nnc(C)o2)[C@H]3C1=O. The van der Waals surface area contributed by atoms with Crippen molar-refractivity contribution in [3.8, 4) is 0 Å². The van der Waals surface area contributed by atoms with E-state index in [0.717, 1.165) is 12.8 Å².